The molecule has 0 saturated carbocycles. The molecule has 3 amide bonds. The molecule has 1 fully saturated rings. The van der Waals surface area contributed by atoms with Crippen molar-refractivity contribution in [1.82, 2.24) is 15.5 Å². The molecular weight excluding hydrogens is 466 g/mol. The molecule has 1 unspecified atom stereocenters. The maximum atomic E-state index is 13.6. The Bertz CT molecular complexity index is 1200. The van der Waals surface area contributed by atoms with Gasteiger partial charge < -0.3 is 25.0 Å². The number of fused-ring (bicyclic) bond motifs is 4. The number of thioether (sulfide) groups is 1. The summed E-state index contributed by atoms with van der Waals surface area (Å²) in [6, 6.07) is 11.6. The summed E-state index contributed by atoms with van der Waals surface area (Å²) in [5, 5.41) is 5.66. The summed E-state index contributed by atoms with van der Waals surface area (Å²) in [4.78, 5) is 41.6. The molecule has 0 bridgehead atoms. The van der Waals surface area contributed by atoms with Crippen LogP contribution in [-0.4, -0.2) is 46.2 Å². The van der Waals surface area contributed by atoms with Gasteiger partial charge in [0.1, 0.15) is 17.5 Å². The van der Waals surface area contributed by atoms with E-state index in [1.165, 1.54) is 0 Å². The fourth-order valence-electron chi connectivity index (χ4n) is 4.92. The lowest BCUT2D eigenvalue weighted by atomic mass is 9.98. The zero-order chi connectivity index (χ0) is 24.9. The highest BCUT2D eigenvalue weighted by Crippen LogP contribution is 2.56. The molecule has 0 aliphatic carbocycles. The summed E-state index contributed by atoms with van der Waals surface area (Å²) in [5.74, 6) is 0.455. The van der Waals surface area contributed by atoms with Crippen molar-refractivity contribution in [3.05, 3.63) is 59.2 Å². The number of hydrogen-bond acceptors (Lipinski definition) is 6. The quantitative estimate of drug-likeness (QED) is 0.639. The Kier molecular flexibility index (Phi) is 5.91. The van der Waals surface area contributed by atoms with Crippen molar-refractivity contribution in [1.29, 1.82) is 0 Å². The van der Waals surface area contributed by atoms with Gasteiger partial charge in [0.25, 0.3) is 5.91 Å². The molecule has 0 radical (unpaired) electrons. The van der Waals surface area contributed by atoms with Crippen molar-refractivity contribution in [3.63, 3.8) is 0 Å². The lowest BCUT2D eigenvalue weighted by Crippen LogP contribution is -2.58. The summed E-state index contributed by atoms with van der Waals surface area (Å²) in [6.45, 7) is 8.20. The number of carbonyl (C=O) groups excluding carboxylic acids is 3. The summed E-state index contributed by atoms with van der Waals surface area (Å²) < 4.78 is 10.2. The van der Waals surface area contributed by atoms with Gasteiger partial charge in [0.2, 0.25) is 18.6 Å². The molecule has 5 rings (SSSR count). The van der Waals surface area contributed by atoms with Gasteiger partial charge in [0, 0.05) is 16.9 Å². The molecule has 3 aliphatic rings. The second kappa shape index (κ2) is 8.78. The van der Waals surface area contributed by atoms with E-state index in [4.69, 9.17) is 9.47 Å². The fourth-order valence-corrected chi connectivity index (χ4v) is 6.51. The third-order valence-corrected chi connectivity index (χ3v) is 8.23. The third-order valence-electron chi connectivity index (χ3n) is 6.70. The first-order chi connectivity index (χ1) is 16.7. The number of nitrogens with zero attached hydrogens (tertiary/aromatic N) is 1. The van der Waals surface area contributed by atoms with Crippen LogP contribution >= 0.6 is 11.8 Å². The van der Waals surface area contributed by atoms with E-state index < -0.39 is 16.8 Å². The predicted molar refractivity (Wildman–Crippen MR) is 132 cm³/mol. The molecule has 9 heteroatoms. The summed E-state index contributed by atoms with van der Waals surface area (Å²) in [7, 11) is 0. The summed E-state index contributed by atoms with van der Waals surface area (Å²) in [6.07, 6.45) is 0. The summed E-state index contributed by atoms with van der Waals surface area (Å²) in [5.41, 5.74) is 2.45. The van der Waals surface area contributed by atoms with E-state index in [9.17, 15) is 14.4 Å². The third kappa shape index (κ3) is 4.11. The standard InChI is InChI=1S/C26H29N3O5S/c1-14(2)20(22(30)27-12-15-9-10-18-19(11-15)34-13-33-18)28-23(31)21-26(3,4)35-25-17-8-6-5-7-16(17)24(32)29(21)25/h5-11,14,20-21,25H,12-13H2,1-4H3,(H,27,30)(H,28,31)/t20-,21+,25?/m0/s1. The van der Waals surface area contributed by atoms with Gasteiger partial charge in [-0.05, 0) is 49.1 Å². The van der Waals surface area contributed by atoms with Crippen LogP contribution in [0.5, 0.6) is 11.5 Å². The molecule has 8 nitrogen and oxygen atoms in total. The van der Waals surface area contributed by atoms with Gasteiger partial charge in [0.05, 0.1) is 0 Å². The Morgan fingerprint density at radius 3 is 2.66 bits per heavy atom. The van der Waals surface area contributed by atoms with Crippen LogP contribution in [0.1, 0.15) is 54.6 Å². The zero-order valence-corrected chi connectivity index (χ0v) is 21.0. The van der Waals surface area contributed by atoms with Crippen molar-refractivity contribution >= 4 is 29.5 Å². The van der Waals surface area contributed by atoms with E-state index in [0.717, 1.165) is 11.1 Å². The molecule has 2 aromatic carbocycles. The molecule has 0 spiro atoms. The Hall–Kier alpha value is -3.20. The van der Waals surface area contributed by atoms with Gasteiger partial charge in [-0.1, -0.05) is 38.1 Å². The van der Waals surface area contributed by atoms with Crippen molar-refractivity contribution in [2.45, 2.75) is 56.4 Å². The minimum atomic E-state index is -0.739. The zero-order valence-electron chi connectivity index (χ0n) is 20.2. The Labute approximate surface area is 208 Å². The lowest BCUT2D eigenvalue weighted by molar-refractivity contribution is -0.132. The molecule has 0 aromatic heterocycles. The maximum Gasteiger partial charge on any atom is 0.256 e. The van der Waals surface area contributed by atoms with Crippen molar-refractivity contribution in [2.75, 3.05) is 6.79 Å². The summed E-state index contributed by atoms with van der Waals surface area (Å²) >= 11 is 1.60. The van der Waals surface area contributed by atoms with Crippen LogP contribution in [0.15, 0.2) is 42.5 Å². The van der Waals surface area contributed by atoms with E-state index in [0.29, 0.717) is 23.6 Å². The second-order valence-corrected chi connectivity index (χ2v) is 11.6. The topological polar surface area (TPSA) is 97.0 Å². The fraction of sp³-hybridized carbons (Fsp3) is 0.423. The number of nitrogens with one attached hydrogen (secondary N) is 2. The average molecular weight is 496 g/mol. The van der Waals surface area contributed by atoms with Crippen molar-refractivity contribution < 1.29 is 23.9 Å². The largest absolute Gasteiger partial charge is 0.454 e. The SMILES string of the molecule is CC(C)[C@H](NC(=O)[C@H]1N2C(=O)c3ccccc3C2SC1(C)C)C(=O)NCc1ccc2c(c1)OCO2. The second-order valence-electron chi connectivity index (χ2n) is 9.91. The highest BCUT2D eigenvalue weighted by Gasteiger charge is 2.57. The van der Waals surface area contributed by atoms with Gasteiger partial charge in [-0.3, -0.25) is 14.4 Å². The van der Waals surface area contributed by atoms with Crippen LogP contribution in [0.25, 0.3) is 0 Å². The minimum absolute atomic E-state index is 0.141. The Morgan fingerprint density at radius 1 is 1.14 bits per heavy atom. The van der Waals surface area contributed by atoms with Gasteiger partial charge in [-0.25, -0.2) is 0 Å². The molecule has 3 heterocycles. The van der Waals surface area contributed by atoms with Gasteiger partial charge >= 0.3 is 0 Å². The normalized spacial score (nSPS) is 22.1. The van der Waals surface area contributed by atoms with E-state index in [-0.39, 0.29) is 35.8 Å². The predicted octanol–water partition coefficient (Wildman–Crippen LogP) is 3.22. The number of hydrogen-bond donors (Lipinski definition) is 2. The molecule has 35 heavy (non-hydrogen) atoms. The number of carbonyl (C=O) groups is 3. The number of rotatable bonds is 6. The molecular formula is C26H29N3O5S. The van der Waals surface area contributed by atoms with E-state index in [1.54, 1.807) is 22.7 Å². The van der Waals surface area contributed by atoms with Crippen LogP contribution in [0, 0.1) is 5.92 Å². The van der Waals surface area contributed by atoms with E-state index in [1.807, 2.05) is 64.1 Å². The van der Waals surface area contributed by atoms with Crippen molar-refractivity contribution in [2.24, 2.45) is 5.92 Å². The van der Waals surface area contributed by atoms with Gasteiger partial charge in [-0.15, -0.1) is 11.8 Å². The van der Waals surface area contributed by atoms with Gasteiger partial charge in [-0.2, -0.15) is 0 Å². The smallest absolute Gasteiger partial charge is 0.256 e. The van der Waals surface area contributed by atoms with E-state index >= 15 is 0 Å². The molecule has 2 N–H and O–H groups in total. The Balaban J connectivity index is 1.29. The number of amides is 3. The minimum Gasteiger partial charge on any atom is -0.454 e. The maximum absolute atomic E-state index is 13.6. The highest BCUT2D eigenvalue weighted by molar-refractivity contribution is 8.01. The van der Waals surface area contributed by atoms with Crippen LogP contribution in [0.4, 0.5) is 0 Å². The number of benzene rings is 2. The van der Waals surface area contributed by atoms with Gasteiger partial charge in [0.15, 0.2) is 11.5 Å². The average Bonchev–Trinajstić information content (AvgIpc) is 3.47. The molecule has 184 valence electrons. The van der Waals surface area contributed by atoms with Crippen LogP contribution < -0.4 is 20.1 Å². The van der Waals surface area contributed by atoms with Crippen molar-refractivity contribution in [3.8, 4) is 11.5 Å². The number of ether oxygens (including phenoxy) is 2. The van der Waals surface area contributed by atoms with Crippen LogP contribution in [0.2, 0.25) is 0 Å². The molecule has 3 atom stereocenters. The lowest BCUT2D eigenvalue weighted by Gasteiger charge is -2.32. The van der Waals surface area contributed by atoms with Crippen LogP contribution in [-0.2, 0) is 16.1 Å². The molecule has 1 saturated heterocycles. The first-order valence-corrected chi connectivity index (χ1v) is 12.6. The first-order valence-electron chi connectivity index (χ1n) is 11.7. The Morgan fingerprint density at radius 2 is 1.89 bits per heavy atom. The molecule has 2 aromatic rings. The van der Waals surface area contributed by atoms with E-state index in [2.05, 4.69) is 10.6 Å². The first kappa shape index (κ1) is 23.5. The highest BCUT2D eigenvalue weighted by atomic mass is 32.2. The van der Waals surface area contributed by atoms with Crippen LogP contribution in [0.3, 0.4) is 0 Å². The monoisotopic (exact) mass is 495 g/mol. The molecule has 3 aliphatic heterocycles.